The predicted octanol–water partition coefficient (Wildman–Crippen LogP) is 0.104. The molecule has 1 aromatic heterocycles. The average Bonchev–Trinajstić information content (AvgIpc) is 2.38. The van der Waals surface area contributed by atoms with Crippen molar-refractivity contribution in [1.29, 1.82) is 0 Å². The number of aromatic amines is 1. The van der Waals surface area contributed by atoms with Crippen LogP contribution < -0.4 is 16.2 Å². The van der Waals surface area contributed by atoms with Crippen molar-refractivity contribution in [1.82, 2.24) is 15.6 Å². The van der Waals surface area contributed by atoms with E-state index in [9.17, 15) is 9.59 Å². The molecule has 0 unspecified atom stereocenters. The number of aromatic nitrogens is 1. The summed E-state index contributed by atoms with van der Waals surface area (Å²) in [7, 11) is 0. The SMILES string of the molecule is O=C(NCC1CCNCC1)c1ccc[nH]c1=O. The molecular formula is C12H17N3O2. The van der Waals surface area contributed by atoms with Crippen LogP contribution >= 0.6 is 0 Å². The Hall–Kier alpha value is -1.62. The van der Waals surface area contributed by atoms with Gasteiger partial charge in [-0.05, 0) is 44.0 Å². The fourth-order valence-corrected chi connectivity index (χ4v) is 2.02. The van der Waals surface area contributed by atoms with Gasteiger partial charge in [0.1, 0.15) is 5.56 Å². The van der Waals surface area contributed by atoms with Gasteiger partial charge in [-0.25, -0.2) is 0 Å². The summed E-state index contributed by atoms with van der Waals surface area (Å²) in [6, 6.07) is 3.19. The number of carbonyl (C=O) groups is 1. The van der Waals surface area contributed by atoms with Crippen molar-refractivity contribution in [2.45, 2.75) is 12.8 Å². The van der Waals surface area contributed by atoms with Crippen LogP contribution in [0.4, 0.5) is 0 Å². The molecule has 2 heterocycles. The van der Waals surface area contributed by atoms with E-state index < -0.39 is 0 Å². The molecule has 3 N–H and O–H groups in total. The van der Waals surface area contributed by atoms with Crippen LogP contribution in [0.5, 0.6) is 0 Å². The quantitative estimate of drug-likeness (QED) is 0.696. The highest BCUT2D eigenvalue weighted by Gasteiger charge is 2.15. The predicted molar refractivity (Wildman–Crippen MR) is 65.0 cm³/mol. The maximum Gasteiger partial charge on any atom is 0.260 e. The van der Waals surface area contributed by atoms with E-state index in [2.05, 4.69) is 15.6 Å². The summed E-state index contributed by atoms with van der Waals surface area (Å²) >= 11 is 0. The fourth-order valence-electron chi connectivity index (χ4n) is 2.02. The molecule has 0 aliphatic carbocycles. The van der Waals surface area contributed by atoms with Crippen LogP contribution in [0.2, 0.25) is 0 Å². The lowest BCUT2D eigenvalue weighted by atomic mass is 9.98. The van der Waals surface area contributed by atoms with Gasteiger partial charge in [-0.3, -0.25) is 9.59 Å². The summed E-state index contributed by atoms with van der Waals surface area (Å²) in [5.74, 6) is 0.230. The maximum atomic E-state index is 11.8. The Bertz CT molecular complexity index is 435. The van der Waals surface area contributed by atoms with Crippen LogP contribution in [-0.2, 0) is 0 Å². The second-order valence-electron chi connectivity index (χ2n) is 4.32. The lowest BCUT2D eigenvalue weighted by Gasteiger charge is -2.22. The van der Waals surface area contributed by atoms with E-state index in [0.717, 1.165) is 25.9 Å². The van der Waals surface area contributed by atoms with Gasteiger partial charge in [0.2, 0.25) is 0 Å². The molecule has 0 bridgehead atoms. The Kier molecular flexibility index (Phi) is 3.93. The van der Waals surface area contributed by atoms with Crippen molar-refractivity contribution in [3.8, 4) is 0 Å². The van der Waals surface area contributed by atoms with Gasteiger partial charge in [0, 0.05) is 12.7 Å². The molecule has 0 saturated carbocycles. The monoisotopic (exact) mass is 235 g/mol. The van der Waals surface area contributed by atoms with Crippen molar-refractivity contribution in [2.24, 2.45) is 5.92 Å². The normalized spacial score (nSPS) is 16.7. The Morgan fingerprint density at radius 3 is 2.88 bits per heavy atom. The van der Waals surface area contributed by atoms with E-state index in [1.807, 2.05) is 0 Å². The first kappa shape index (κ1) is 11.9. The van der Waals surface area contributed by atoms with Gasteiger partial charge in [0.25, 0.3) is 11.5 Å². The highest BCUT2D eigenvalue weighted by molar-refractivity contribution is 5.93. The van der Waals surface area contributed by atoms with Crippen molar-refractivity contribution in [2.75, 3.05) is 19.6 Å². The summed E-state index contributed by atoms with van der Waals surface area (Å²) in [5, 5.41) is 6.10. The second kappa shape index (κ2) is 5.63. The summed E-state index contributed by atoms with van der Waals surface area (Å²) in [6.07, 6.45) is 3.67. The number of piperidine rings is 1. The minimum absolute atomic E-state index is 0.182. The molecule has 5 nitrogen and oxygen atoms in total. The minimum Gasteiger partial charge on any atom is -0.352 e. The zero-order valence-electron chi connectivity index (χ0n) is 9.66. The molecular weight excluding hydrogens is 218 g/mol. The van der Waals surface area contributed by atoms with Gasteiger partial charge >= 0.3 is 0 Å². The molecule has 0 aromatic carbocycles. The topological polar surface area (TPSA) is 74.0 Å². The van der Waals surface area contributed by atoms with Gasteiger partial charge in [0.15, 0.2) is 0 Å². The van der Waals surface area contributed by atoms with E-state index in [-0.39, 0.29) is 17.0 Å². The van der Waals surface area contributed by atoms with E-state index in [1.165, 1.54) is 12.3 Å². The molecule has 1 fully saturated rings. The number of rotatable bonds is 3. The fraction of sp³-hybridized carbons (Fsp3) is 0.500. The van der Waals surface area contributed by atoms with Crippen molar-refractivity contribution < 1.29 is 4.79 Å². The van der Waals surface area contributed by atoms with E-state index in [0.29, 0.717) is 12.5 Å². The van der Waals surface area contributed by atoms with Crippen molar-refractivity contribution in [3.05, 3.63) is 34.2 Å². The zero-order valence-corrected chi connectivity index (χ0v) is 9.66. The number of pyridine rings is 1. The molecule has 0 atom stereocenters. The van der Waals surface area contributed by atoms with E-state index >= 15 is 0 Å². The first-order chi connectivity index (χ1) is 8.27. The van der Waals surface area contributed by atoms with E-state index in [4.69, 9.17) is 0 Å². The van der Waals surface area contributed by atoms with Crippen LogP contribution in [0.25, 0.3) is 0 Å². The van der Waals surface area contributed by atoms with Gasteiger partial charge < -0.3 is 15.6 Å². The van der Waals surface area contributed by atoms with Crippen LogP contribution in [-0.4, -0.2) is 30.5 Å². The summed E-state index contributed by atoms with van der Waals surface area (Å²) in [6.45, 7) is 2.66. The Balaban J connectivity index is 1.89. The molecule has 17 heavy (non-hydrogen) atoms. The lowest BCUT2D eigenvalue weighted by molar-refractivity contribution is 0.0942. The molecule has 1 aliphatic rings. The van der Waals surface area contributed by atoms with Crippen LogP contribution in [0.3, 0.4) is 0 Å². The van der Waals surface area contributed by atoms with Gasteiger partial charge in [-0.2, -0.15) is 0 Å². The number of hydrogen-bond acceptors (Lipinski definition) is 3. The summed E-state index contributed by atoms with van der Waals surface area (Å²) in [5.41, 5.74) is -0.156. The zero-order chi connectivity index (χ0) is 12.1. The Morgan fingerprint density at radius 2 is 2.18 bits per heavy atom. The van der Waals surface area contributed by atoms with Crippen LogP contribution in [0, 0.1) is 5.92 Å². The maximum absolute atomic E-state index is 11.8. The minimum atomic E-state index is -0.338. The molecule has 92 valence electrons. The molecule has 0 radical (unpaired) electrons. The smallest absolute Gasteiger partial charge is 0.260 e. The molecule has 2 rings (SSSR count). The highest BCUT2D eigenvalue weighted by atomic mass is 16.2. The largest absolute Gasteiger partial charge is 0.352 e. The molecule has 5 heteroatoms. The molecule has 1 aromatic rings. The Morgan fingerprint density at radius 1 is 1.41 bits per heavy atom. The first-order valence-corrected chi connectivity index (χ1v) is 5.94. The van der Waals surface area contributed by atoms with Gasteiger partial charge in [-0.1, -0.05) is 0 Å². The molecule has 1 saturated heterocycles. The van der Waals surface area contributed by atoms with Crippen LogP contribution in [0.1, 0.15) is 23.2 Å². The van der Waals surface area contributed by atoms with Crippen LogP contribution in [0.15, 0.2) is 23.1 Å². The number of carbonyl (C=O) groups excluding carboxylic acids is 1. The molecule has 1 amide bonds. The molecule has 1 aliphatic heterocycles. The third-order valence-electron chi connectivity index (χ3n) is 3.07. The molecule has 0 spiro atoms. The number of nitrogens with one attached hydrogen (secondary N) is 3. The summed E-state index contributed by atoms with van der Waals surface area (Å²) < 4.78 is 0. The number of amides is 1. The highest BCUT2D eigenvalue weighted by Crippen LogP contribution is 2.09. The average molecular weight is 235 g/mol. The second-order valence-corrected chi connectivity index (χ2v) is 4.32. The number of H-pyrrole nitrogens is 1. The van der Waals surface area contributed by atoms with Gasteiger partial charge in [0.05, 0.1) is 0 Å². The first-order valence-electron chi connectivity index (χ1n) is 5.94. The van der Waals surface area contributed by atoms with Gasteiger partial charge in [-0.15, -0.1) is 0 Å². The third kappa shape index (κ3) is 3.17. The van der Waals surface area contributed by atoms with E-state index in [1.54, 1.807) is 6.07 Å². The standard InChI is InChI=1S/C12H17N3O2/c16-11-10(2-1-5-14-11)12(17)15-8-9-3-6-13-7-4-9/h1-2,5,9,13H,3-4,6-8H2,(H,14,16)(H,15,17). The Labute approximate surface area is 99.6 Å². The van der Waals surface area contributed by atoms with Crippen molar-refractivity contribution in [3.63, 3.8) is 0 Å². The number of hydrogen-bond donors (Lipinski definition) is 3. The lowest BCUT2D eigenvalue weighted by Crippen LogP contribution is -2.37. The van der Waals surface area contributed by atoms with Crippen molar-refractivity contribution >= 4 is 5.91 Å². The summed E-state index contributed by atoms with van der Waals surface area (Å²) in [4.78, 5) is 25.6. The third-order valence-corrected chi connectivity index (χ3v) is 3.07.